The first kappa shape index (κ1) is 11.7. The van der Waals surface area contributed by atoms with Gasteiger partial charge < -0.3 is 5.32 Å². The Morgan fingerprint density at radius 2 is 2.33 bits per heavy atom. The lowest BCUT2D eigenvalue weighted by molar-refractivity contribution is -0.113. The lowest BCUT2D eigenvalue weighted by Crippen LogP contribution is -2.20. The Labute approximate surface area is 111 Å². The van der Waals surface area contributed by atoms with Crippen LogP contribution in [-0.4, -0.2) is 21.2 Å². The number of nitrogens with zero attached hydrogens (tertiary/aromatic N) is 2. The summed E-state index contributed by atoms with van der Waals surface area (Å²) in [6, 6.07) is 0. The minimum atomic E-state index is -0.0354. The molecule has 0 aromatic carbocycles. The van der Waals surface area contributed by atoms with Crippen LogP contribution in [0.3, 0.4) is 0 Å². The number of carbonyl (C=O) groups is 1. The molecular formula is C11H11N3O2S2. The smallest absolute Gasteiger partial charge is 0.271 e. The summed E-state index contributed by atoms with van der Waals surface area (Å²) in [5, 5.41) is 2.80. The summed E-state index contributed by atoms with van der Waals surface area (Å²) in [4.78, 5) is 27.9. The van der Waals surface area contributed by atoms with Crippen molar-refractivity contribution in [2.45, 2.75) is 24.1 Å². The molecule has 3 heterocycles. The van der Waals surface area contributed by atoms with Gasteiger partial charge in [0.2, 0.25) is 5.91 Å². The van der Waals surface area contributed by atoms with E-state index in [0.717, 1.165) is 10.6 Å². The zero-order valence-electron chi connectivity index (χ0n) is 9.73. The Balaban J connectivity index is 2.23. The second kappa shape index (κ2) is 4.40. The molecule has 0 atom stereocenters. The molecule has 0 spiro atoms. The van der Waals surface area contributed by atoms with E-state index in [9.17, 15) is 9.59 Å². The number of nitrogens with one attached hydrogen (secondary N) is 1. The number of hydrogen-bond acceptors (Lipinski definition) is 5. The van der Waals surface area contributed by atoms with E-state index in [-0.39, 0.29) is 11.5 Å². The van der Waals surface area contributed by atoms with Gasteiger partial charge in [-0.3, -0.25) is 14.2 Å². The molecule has 0 saturated carbocycles. The molecule has 0 fully saturated rings. The van der Waals surface area contributed by atoms with Crippen LogP contribution < -0.4 is 10.9 Å². The number of aryl methyl sites for hydroxylation is 1. The van der Waals surface area contributed by atoms with E-state index >= 15 is 0 Å². The highest BCUT2D eigenvalue weighted by Gasteiger charge is 2.23. The molecule has 5 nitrogen and oxygen atoms in total. The highest BCUT2D eigenvalue weighted by Crippen LogP contribution is 2.42. The Bertz CT molecular complexity index is 689. The van der Waals surface area contributed by atoms with E-state index in [1.165, 1.54) is 23.1 Å². The third-order valence-corrected chi connectivity index (χ3v) is 5.13. The molecule has 1 amide bonds. The zero-order valence-corrected chi connectivity index (χ0v) is 11.4. The van der Waals surface area contributed by atoms with Gasteiger partial charge in [-0.1, -0.05) is 6.92 Å². The maximum absolute atomic E-state index is 12.2. The van der Waals surface area contributed by atoms with Crippen LogP contribution in [0, 0.1) is 0 Å². The molecule has 7 heteroatoms. The molecule has 1 aliphatic rings. The topological polar surface area (TPSA) is 64.0 Å². The van der Waals surface area contributed by atoms with Crippen molar-refractivity contribution in [1.82, 2.24) is 9.55 Å². The average molecular weight is 281 g/mol. The molecule has 94 valence electrons. The largest absolute Gasteiger partial charge is 0.322 e. The molecule has 3 rings (SSSR count). The van der Waals surface area contributed by atoms with Gasteiger partial charge in [0, 0.05) is 6.54 Å². The van der Waals surface area contributed by atoms with Gasteiger partial charge >= 0.3 is 0 Å². The molecular weight excluding hydrogens is 270 g/mol. The molecule has 0 radical (unpaired) electrons. The highest BCUT2D eigenvalue weighted by molar-refractivity contribution is 8.02. The predicted octanol–water partition coefficient (Wildman–Crippen LogP) is 1.91. The molecule has 18 heavy (non-hydrogen) atoms. The predicted molar refractivity (Wildman–Crippen MR) is 73.5 cm³/mol. The Morgan fingerprint density at radius 3 is 3.11 bits per heavy atom. The fraction of sp³-hybridized carbons (Fsp3) is 0.364. The number of thioether (sulfide) groups is 1. The van der Waals surface area contributed by atoms with Crippen molar-refractivity contribution in [2.75, 3.05) is 11.1 Å². The van der Waals surface area contributed by atoms with Gasteiger partial charge in [-0.2, -0.15) is 0 Å². The van der Waals surface area contributed by atoms with Crippen LogP contribution in [0.25, 0.3) is 10.2 Å². The number of carbonyl (C=O) groups excluding carboxylic acids is 1. The number of amides is 1. The molecule has 0 saturated heterocycles. The van der Waals surface area contributed by atoms with E-state index in [1.807, 2.05) is 6.92 Å². The van der Waals surface area contributed by atoms with Crippen LogP contribution in [0.5, 0.6) is 0 Å². The van der Waals surface area contributed by atoms with E-state index in [0.29, 0.717) is 28.2 Å². The van der Waals surface area contributed by atoms with Crippen molar-refractivity contribution in [1.29, 1.82) is 0 Å². The molecule has 0 unspecified atom stereocenters. The number of anilines is 1. The zero-order chi connectivity index (χ0) is 12.7. The summed E-state index contributed by atoms with van der Waals surface area (Å²) < 4.78 is 3.23. The molecule has 1 aliphatic heterocycles. The van der Waals surface area contributed by atoms with Crippen molar-refractivity contribution in [2.24, 2.45) is 0 Å². The molecule has 0 bridgehead atoms. The summed E-state index contributed by atoms with van der Waals surface area (Å²) in [6.45, 7) is 2.69. The second-order valence-electron chi connectivity index (χ2n) is 4.02. The monoisotopic (exact) mass is 281 g/mol. The SMILES string of the molecule is CCCn1cnc2c3c(sc2c1=O)SCC(=O)N3. The van der Waals surface area contributed by atoms with Crippen molar-refractivity contribution in [3.05, 3.63) is 16.7 Å². The molecule has 2 aromatic heterocycles. The minimum absolute atomic E-state index is 0.0175. The average Bonchev–Trinajstić information content (AvgIpc) is 2.72. The van der Waals surface area contributed by atoms with Gasteiger partial charge in [0.25, 0.3) is 5.56 Å². The lowest BCUT2D eigenvalue weighted by atomic mass is 10.4. The van der Waals surface area contributed by atoms with E-state index in [4.69, 9.17) is 0 Å². The quantitative estimate of drug-likeness (QED) is 0.913. The first-order valence-corrected chi connectivity index (χ1v) is 7.45. The molecule has 2 aromatic rings. The van der Waals surface area contributed by atoms with Gasteiger partial charge in [0.1, 0.15) is 10.2 Å². The van der Waals surface area contributed by atoms with Gasteiger partial charge in [-0.25, -0.2) is 4.98 Å². The van der Waals surface area contributed by atoms with Crippen molar-refractivity contribution in [3.63, 3.8) is 0 Å². The highest BCUT2D eigenvalue weighted by atomic mass is 32.2. The van der Waals surface area contributed by atoms with Crippen LogP contribution in [0.15, 0.2) is 15.3 Å². The summed E-state index contributed by atoms with van der Waals surface area (Å²) in [7, 11) is 0. The van der Waals surface area contributed by atoms with Gasteiger partial charge in [-0.15, -0.1) is 23.1 Å². The fourth-order valence-corrected chi connectivity index (χ4v) is 4.08. The summed E-state index contributed by atoms with van der Waals surface area (Å²) in [6.07, 6.45) is 2.45. The third kappa shape index (κ3) is 1.74. The molecule has 1 N–H and O–H groups in total. The fourth-order valence-electron chi connectivity index (χ4n) is 1.90. The second-order valence-corrected chi connectivity index (χ2v) is 6.29. The maximum Gasteiger partial charge on any atom is 0.271 e. The summed E-state index contributed by atoms with van der Waals surface area (Å²) >= 11 is 2.89. The van der Waals surface area contributed by atoms with Crippen LogP contribution in [0.2, 0.25) is 0 Å². The maximum atomic E-state index is 12.2. The van der Waals surface area contributed by atoms with Crippen LogP contribution in [0.1, 0.15) is 13.3 Å². The van der Waals surface area contributed by atoms with Gasteiger partial charge in [-0.05, 0) is 6.42 Å². The number of fused-ring (bicyclic) bond motifs is 3. The minimum Gasteiger partial charge on any atom is -0.322 e. The van der Waals surface area contributed by atoms with Crippen molar-refractivity contribution < 1.29 is 4.79 Å². The number of rotatable bonds is 2. The Morgan fingerprint density at radius 1 is 1.50 bits per heavy atom. The van der Waals surface area contributed by atoms with E-state index in [2.05, 4.69) is 10.3 Å². The Hall–Kier alpha value is -1.34. The first-order valence-electron chi connectivity index (χ1n) is 5.65. The van der Waals surface area contributed by atoms with Gasteiger partial charge in [0.15, 0.2) is 0 Å². The normalized spacial score (nSPS) is 14.6. The summed E-state index contributed by atoms with van der Waals surface area (Å²) in [5.41, 5.74) is 1.31. The van der Waals surface area contributed by atoms with Crippen molar-refractivity contribution >= 4 is 44.9 Å². The number of thiophene rings is 1. The van der Waals surface area contributed by atoms with E-state index in [1.54, 1.807) is 10.9 Å². The van der Waals surface area contributed by atoms with Crippen LogP contribution in [-0.2, 0) is 11.3 Å². The molecule has 0 aliphatic carbocycles. The Kier molecular flexibility index (Phi) is 2.87. The lowest BCUT2D eigenvalue weighted by Gasteiger charge is -2.11. The number of hydrogen-bond donors (Lipinski definition) is 1. The third-order valence-electron chi connectivity index (χ3n) is 2.70. The number of aromatic nitrogens is 2. The standard InChI is InChI=1S/C11H11N3O2S2/c1-2-3-14-5-12-7-8-11(17-4-6(15)13-8)18-9(7)10(14)16/h5H,2-4H2,1H3,(H,13,15). The first-order chi connectivity index (χ1) is 8.70. The van der Waals surface area contributed by atoms with Crippen molar-refractivity contribution in [3.8, 4) is 0 Å². The van der Waals surface area contributed by atoms with Crippen LogP contribution >= 0.6 is 23.1 Å². The van der Waals surface area contributed by atoms with Gasteiger partial charge in [0.05, 0.1) is 22.0 Å². The summed E-state index contributed by atoms with van der Waals surface area (Å²) in [5.74, 6) is 0.370. The van der Waals surface area contributed by atoms with Crippen LogP contribution in [0.4, 0.5) is 5.69 Å². The van der Waals surface area contributed by atoms with E-state index < -0.39 is 0 Å².